The predicted molar refractivity (Wildman–Crippen MR) is 89.0 cm³/mol. The van der Waals surface area contributed by atoms with E-state index >= 15 is 0 Å². The van der Waals surface area contributed by atoms with E-state index in [1.165, 1.54) is 17.5 Å². The monoisotopic (exact) mass is 290 g/mol. The van der Waals surface area contributed by atoms with Gasteiger partial charge in [-0.1, -0.05) is 37.6 Å². The molecule has 0 saturated carbocycles. The first kappa shape index (κ1) is 16.4. The first-order valence-electron chi connectivity index (χ1n) is 8.07. The van der Waals surface area contributed by atoms with Crippen LogP contribution in [-0.2, 0) is 6.42 Å². The topological polar surface area (TPSA) is 44.5 Å². The minimum absolute atomic E-state index is 0.222. The summed E-state index contributed by atoms with van der Waals surface area (Å²) in [6.45, 7) is 5.61. The van der Waals surface area contributed by atoms with Crippen LogP contribution in [-0.4, -0.2) is 49.6 Å². The molecule has 2 atom stereocenters. The Hall–Kier alpha value is -0.940. The maximum Gasteiger partial charge on any atom is 0.0475 e. The molecule has 2 unspecified atom stereocenters. The van der Waals surface area contributed by atoms with Crippen LogP contribution in [0.5, 0.6) is 0 Å². The van der Waals surface area contributed by atoms with Crippen LogP contribution < -0.4 is 11.3 Å². The molecule has 1 aromatic rings. The van der Waals surface area contributed by atoms with Gasteiger partial charge in [-0.25, -0.2) is 0 Å². The van der Waals surface area contributed by atoms with Crippen molar-refractivity contribution in [3.05, 3.63) is 35.4 Å². The predicted octanol–water partition coefficient (Wildman–Crippen LogP) is 1.78. The molecule has 1 heterocycles. The minimum Gasteiger partial charge on any atom is -0.304 e. The second-order valence-corrected chi connectivity index (χ2v) is 6.34. The number of rotatable bonds is 6. The summed E-state index contributed by atoms with van der Waals surface area (Å²) in [6.07, 6.45) is 3.39. The van der Waals surface area contributed by atoms with Crippen LogP contribution in [0.4, 0.5) is 0 Å². The number of likely N-dealkylation sites (N-methyl/N-ethyl adjacent to an activating group) is 2. The zero-order valence-corrected chi connectivity index (χ0v) is 13.7. The number of nitrogens with one attached hydrogen (secondary N) is 1. The molecule has 21 heavy (non-hydrogen) atoms. The Kier molecular flexibility index (Phi) is 6.18. The number of hydrazine groups is 1. The normalized spacial score (nSPS) is 22.4. The van der Waals surface area contributed by atoms with Crippen molar-refractivity contribution < 1.29 is 0 Å². The highest BCUT2D eigenvalue weighted by atomic mass is 15.3. The number of nitrogens with zero attached hydrogens (tertiary/aromatic N) is 2. The van der Waals surface area contributed by atoms with Crippen LogP contribution in [0.25, 0.3) is 0 Å². The fourth-order valence-electron chi connectivity index (χ4n) is 3.13. The molecular weight excluding hydrogens is 260 g/mol. The van der Waals surface area contributed by atoms with E-state index in [1.807, 2.05) is 0 Å². The van der Waals surface area contributed by atoms with Crippen LogP contribution >= 0.6 is 0 Å². The van der Waals surface area contributed by atoms with Gasteiger partial charge in [0.1, 0.15) is 0 Å². The third-order valence-corrected chi connectivity index (χ3v) is 4.61. The highest BCUT2D eigenvalue weighted by Gasteiger charge is 2.25. The fourth-order valence-corrected chi connectivity index (χ4v) is 3.13. The molecular formula is C17H30N4. The van der Waals surface area contributed by atoms with Gasteiger partial charge in [-0.15, -0.1) is 0 Å². The SMILES string of the molecule is CCCc1ccc(C(CC2CN(C)CCN2C)NN)cc1. The van der Waals surface area contributed by atoms with Crippen LogP contribution in [0, 0.1) is 0 Å². The molecule has 1 aliphatic heterocycles. The van der Waals surface area contributed by atoms with Crippen molar-refractivity contribution in [3.8, 4) is 0 Å². The Morgan fingerprint density at radius 3 is 2.57 bits per heavy atom. The first-order chi connectivity index (χ1) is 10.1. The second-order valence-electron chi connectivity index (χ2n) is 6.34. The summed E-state index contributed by atoms with van der Waals surface area (Å²) in [4.78, 5) is 4.86. The van der Waals surface area contributed by atoms with Crippen molar-refractivity contribution >= 4 is 0 Å². The lowest BCUT2D eigenvalue weighted by Gasteiger charge is -2.39. The van der Waals surface area contributed by atoms with Crippen LogP contribution in [0.3, 0.4) is 0 Å². The van der Waals surface area contributed by atoms with Gasteiger partial charge in [0, 0.05) is 31.7 Å². The van der Waals surface area contributed by atoms with E-state index in [9.17, 15) is 0 Å². The molecule has 0 amide bonds. The zero-order chi connectivity index (χ0) is 15.2. The second kappa shape index (κ2) is 7.90. The van der Waals surface area contributed by atoms with Gasteiger partial charge in [0.05, 0.1) is 0 Å². The van der Waals surface area contributed by atoms with Gasteiger partial charge in [0.15, 0.2) is 0 Å². The van der Waals surface area contributed by atoms with Crippen molar-refractivity contribution in [1.82, 2.24) is 15.2 Å². The average molecular weight is 290 g/mol. The molecule has 2 rings (SSSR count). The lowest BCUT2D eigenvalue weighted by atomic mass is 9.96. The summed E-state index contributed by atoms with van der Waals surface area (Å²) >= 11 is 0. The summed E-state index contributed by atoms with van der Waals surface area (Å²) in [7, 11) is 4.42. The fraction of sp³-hybridized carbons (Fsp3) is 0.647. The van der Waals surface area contributed by atoms with E-state index in [0.717, 1.165) is 32.5 Å². The maximum atomic E-state index is 5.82. The molecule has 3 N–H and O–H groups in total. The van der Waals surface area contributed by atoms with Crippen molar-refractivity contribution in [2.45, 2.75) is 38.3 Å². The lowest BCUT2D eigenvalue weighted by molar-refractivity contribution is 0.101. The van der Waals surface area contributed by atoms with E-state index in [2.05, 4.69) is 60.5 Å². The van der Waals surface area contributed by atoms with E-state index in [1.54, 1.807) is 0 Å². The lowest BCUT2D eigenvalue weighted by Crippen LogP contribution is -2.51. The van der Waals surface area contributed by atoms with Gasteiger partial charge in [0.2, 0.25) is 0 Å². The van der Waals surface area contributed by atoms with Gasteiger partial charge >= 0.3 is 0 Å². The molecule has 1 aliphatic rings. The molecule has 0 bridgehead atoms. The van der Waals surface area contributed by atoms with E-state index < -0.39 is 0 Å². The Bertz CT molecular complexity index is 417. The first-order valence-corrected chi connectivity index (χ1v) is 8.07. The highest BCUT2D eigenvalue weighted by molar-refractivity contribution is 5.25. The van der Waals surface area contributed by atoms with Gasteiger partial charge in [-0.05, 0) is 38.1 Å². The number of nitrogens with two attached hydrogens (primary N) is 1. The molecule has 4 heteroatoms. The van der Waals surface area contributed by atoms with Crippen LogP contribution in [0.15, 0.2) is 24.3 Å². The summed E-state index contributed by atoms with van der Waals surface area (Å²) in [5.41, 5.74) is 5.71. The Morgan fingerprint density at radius 2 is 1.95 bits per heavy atom. The molecule has 118 valence electrons. The number of benzene rings is 1. The molecule has 4 nitrogen and oxygen atoms in total. The van der Waals surface area contributed by atoms with Crippen LogP contribution in [0.1, 0.15) is 36.9 Å². The summed E-state index contributed by atoms with van der Waals surface area (Å²) < 4.78 is 0. The third-order valence-electron chi connectivity index (χ3n) is 4.61. The van der Waals surface area contributed by atoms with Gasteiger partial charge in [-0.3, -0.25) is 11.3 Å². The van der Waals surface area contributed by atoms with Gasteiger partial charge < -0.3 is 9.80 Å². The molecule has 0 spiro atoms. The number of hydrogen-bond donors (Lipinski definition) is 2. The smallest absolute Gasteiger partial charge is 0.0475 e. The highest BCUT2D eigenvalue weighted by Crippen LogP contribution is 2.22. The molecule has 0 aromatic heterocycles. The Balaban J connectivity index is 2.01. The standard InChI is InChI=1S/C17H30N4/c1-4-5-14-6-8-15(9-7-14)17(19-18)12-16-13-20(2)10-11-21(16)3/h6-9,16-17,19H,4-5,10-13,18H2,1-3H3. The summed E-state index contributed by atoms with van der Waals surface area (Å²) in [5.74, 6) is 5.82. The molecule has 1 fully saturated rings. The van der Waals surface area contributed by atoms with Gasteiger partial charge in [0.25, 0.3) is 0 Å². The Labute approximate surface area is 129 Å². The van der Waals surface area contributed by atoms with E-state index in [4.69, 9.17) is 5.84 Å². The Morgan fingerprint density at radius 1 is 1.24 bits per heavy atom. The number of hydrogen-bond acceptors (Lipinski definition) is 4. The molecule has 1 aromatic carbocycles. The van der Waals surface area contributed by atoms with Crippen LogP contribution in [0.2, 0.25) is 0 Å². The van der Waals surface area contributed by atoms with Crippen molar-refractivity contribution in [1.29, 1.82) is 0 Å². The zero-order valence-electron chi connectivity index (χ0n) is 13.7. The third kappa shape index (κ3) is 4.51. The minimum atomic E-state index is 0.222. The quantitative estimate of drug-likeness (QED) is 0.619. The number of aryl methyl sites for hydroxylation is 1. The summed E-state index contributed by atoms with van der Waals surface area (Å²) in [6, 6.07) is 9.70. The summed E-state index contributed by atoms with van der Waals surface area (Å²) in [5, 5.41) is 0. The van der Waals surface area contributed by atoms with Crippen molar-refractivity contribution in [3.63, 3.8) is 0 Å². The van der Waals surface area contributed by atoms with E-state index in [-0.39, 0.29) is 6.04 Å². The number of piperazine rings is 1. The molecule has 1 saturated heterocycles. The van der Waals surface area contributed by atoms with E-state index in [0.29, 0.717) is 6.04 Å². The largest absolute Gasteiger partial charge is 0.304 e. The molecule has 0 aliphatic carbocycles. The van der Waals surface area contributed by atoms with Crippen molar-refractivity contribution in [2.75, 3.05) is 33.7 Å². The van der Waals surface area contributed by atoms with Gasteiger partial charge in [-0.2, -0.15) is 0 Å². The average Bonchev–Trinajstić information content (AvgIpc) is 2.49. The maximum absolute atomic E-state index is 5.82. The molecule has 0 radical (unpaired) electrons. The van der Waals surface area contributed by atoms with Crippen molar-refractivity contribution in [2.24, 2.45) is 5.84 Å².